The Labute approximate surface area is 201 Å². The van der Waals surface area contributed by atoms with E-state index in [0.29, 0.717) is 17.0 Å². The van der Waals surface area contributed by atoms with Crippen molar-refractivity contribution in [1.82, 2.24) is 19.7 Å². The van der Waals surface area contributed by atoms with Crippen molar-refractivity contribution in [3.05, 3.63) is 100 Å². The highest BCUT2D eigenvalue weighted by atomic mass is 19.1. The number of methoxy groups -OCH3 is 1. The number of aromatic nitrogens is 4. The standard InChI is InChI=1S/C26H23FN4O4/c1-16(2)22-8-9-23(30-29-22)17-4-6-19(7-5-17)35-24-13-20(26(33)34-3)21(27)12-18(24)14-31-15-28-11-10-25(31)32/h4-13,15-16H,14H2,1-3H3. The van der Waals surface area contributed by atoms with E-state index in [1.54, 1.807) is 12.1 Å². The minimum absolute atomic E-state index is 0.00372. The number of hydrogen-bond acceptors (Lipinski definition) is 7. The molecule has 0 amide bonds. The predicted octanol–water partition coefficient (Wildman–Crippen LogP) is 4.59. The number of rotatable bonds is 7. The molecule has 2 heterocycles. The van der Waals surface area contributed by atoms with E-state index in [4.69, 9.17) is 4.74 Å². The lowest BCUT2D eigenvalue weighted by molar-refractivity contribution is 0.0595. The summed E-state index contributed by atoms with van der Waals surface area (Å²) >= 11 is 0. The van der Waals surface area contributed by atoms with Crippen molar-refractivity contribution in [1.29, 1.82) is 0 Å². The number of hydrogen-bond donors (Lipinski definition) is 0. The Morgan fingerprint density at radius 3 is 2.46 bits per heavy atom. The van der Waals surface area contributed by atoms with Crippen LogP contribution in [-0.4, -0.2) is 32.8 Å². The summed E-state index contributed by atoms with van der Waals surface area (Å²) in [6, 6.07) is 14.7. The summed E-state index contributed by atoms with van der Waals surface area (Å²) < 4.78 is 26.6. The summed E-state index contributed by atoms with van der Waals surface area (Å²) in [6.45, 7) is 4.10. The minimum Gasteiger partial charge on any atom is -0.465 e. The molecule has 0 unspecified atom stereocenters. The van der Waals surface area contributed by atoms with E-state index in [1.807, 2.05) is 24.3 Å². The van der Waals surface area contributed by atoms with Crippen LogP contribution >= 0.6 is 0 Å². The maximum absolute atomic E-state index is 14.7. The fourth-order valence-corrected chi connectivity index (χ4v) is 3.39. The highest BCUT2D eigenvalue weighted by Gasteiger charge is 2.18. The number of carbonyl (C=O) groups excluding carboxylic acids is 1. The first-order chi connectivity index (χ1) is 16.9. The molecule has 0 saturated heterocycles. The van der Waals surface area contributed by atoms with Gasteiger partial charge in [-0.15, -0.1) is 0 Å². The summed E-state index contributed by atoms with van der Waals surface area (Å²) in [6.07, 6.45) is 2.72. The van der Waals surface area contributed by atoms with Gasteiger partial charge in [0.25, 0.3) is 5.56 Å². The molecule has 0 spiro atoms. The molecule has 0 N–H and O–H groups in total. The molecule has 0 aliphatic rings. The Kier molecular flexibility index (Phi) is 6.96. The van der Waals surface area contributed by atoms with Crippen LogP contribution in [-0.2, 0) is 11.3 Å². The van der Waals surface area contributed by atoms with Crippen LogP contribution in [0.3, 0.4) is 0 Å². The molecule has 0 radical (unpaired) electrons. The maximum Gasteiger partial charge on any atom is 0.340 e. The molecule has 35 heavy (non-hydrogen) atoms. The first kappa shape index (κ1) is 23.7. The van der Waals surface area contributed by atoms with Gasteiger partial charge in [0.1, 0.15) is 17.3 Å². The fourth-order valence-electron chi connectivity index (χ4n) is 3.39. The van der Waals surface area contributed by atoms with E-state index in [9.17, 15) is 14.0 Å². The summed E-state index contributed by atoms with van der Waals surface area (Å²) in [5.74, 6) is -0.681. The summed E-state index contributed by atoms with van der Waals surface area (Å²) in [5.41, 5.74) is 2.24. The zero-order valence-corrected chi connectivity index (χ0v) is 19.4. The van der Waals surface area contributed by atoms with Crippen LogP contribution in [0.1, 0.15) is 41.4 Å². The summed E-state index contributed by atoms with van der Waals surface area (Å²) in [4.78, 5) is 28.1. The number of ether oxygens (including phenoxy) is 2. The Hall–Kier alpha value is -4.40. The lowest BCUT2D eigenvalue weighted by atomic mass is 10.1. The average molecular weight is 474 g/mol. The third-order valence-electron chi connectivity index (χ3n) is 5.34. The van der Waals surface area contributed by atoms with E-state index in [-0.39, 0.29) is 29.3 Å². The van der Waals surface area contributed by atoms with E-state index in [2.05, 4.69) is 33.8 Å². The fraction of sp³-hybridized carbons (Fsp3) is 0.192. The smallest absolute Gasteiger partial charge is 0.340 e. The molecule has 4 aromatic rings. The van der Waals surface area contributed by atoms with Crippen LogP contribution in [0.2, 0.25) is 0 Å². The molecule has 2 aromatic carbocycles. The van der Waals surface area contributed by atoms with E-state index in [1.165, 1.54) is 36.3 Å². The topological polar surface area (TPSA) is 96.2 Å². The third kappa shape index (κ3) is 5.40. The van der Waals surface area contributed by atoms with Gasteiger partial charge in [0.2, 0.25) is 0 Å². The third-order valence-corrected chi connectivity index (χ3v) is 5.34. The number of benzene rings is 2. The van der Waals surface area contributed by atoms with Crippen molar-refractivity contribution in [3.8, 4) is 22.8 Å². The van der Waals surface area contributed by atoms with Gasteiger partial charge >= 0.3 is 5.97 Å². The molecule has 8 nitrogen and oxygen atoms in total. The van der Waals surface area contributed by atoms with Gasteiger partial charge in [-0.2, -0.15) is 10.2 Å². The van der Waals surface area contributed by atoms with Crippen LogP contribution < -0.4 is 10.3 Å². The molecule has 0 aliphatic heterocycles. The lowest BCUT2D eigenvalue weighted by Gasteiger charge is -2.15. The molecular weight excluding hydrogens is 451 g/mol. The van der Waals surface area contributed by atoms with Crippen molar-refractivity contribution in [2.24, 2.45) is 0 Å². The highest BCUT2D eigenvalue weighted by Crippen LogP contribution is 2.30. The van der Waals surface area contributed by atoms with Gasteiger partial charge in [0.15, 0.2) is 0 Å². The SMILES string of the molecule is COC(=O)c1cc(Oc2ccc(-c3ccc(C(C)C)nn3)cc2)c(Cn2cnccc2=O)cc1F. The molecule has 4 rings (SSSR count). The molecule has 0 aliphatic carbocycles. The second-order valence-electron chi connectivity index (χ2n) is 8.10. The van der Waals surface area contributed by atoms with E-state index in [0.717, 1.165) is 17.3 Å². The van der Waals surface area contributed by atoms with E-state index >= 15 is 0 Å². The Morgan fingerprint density at radius 1 is 1.06 bits per heavy atom. The minimum atomic E-state index is -0.837. The van der Waals surface area contributed by atoms with Gasteiger partial charge in [0, 0.05) is 23.4 Å². The van der Waals surface area contributed by atoms with Gasteiger partial charge in [-0.1, -0.05) is 13.8 Å². The highest BCUT2D eigenvalue weighted by molar-refractivity contribution is 5.90. The molecule has 9 heteroatoms. The quantitative estimate of drug-likeness (QED) is 0.362. The molecular formula is C26H23FN4O4. The summed E-state index contributed by atoms with van der Waals surface area (Å²) in [5, 5.41) is 8.53. The molecule has 178 valence electrons. The molecule has 0 bridgehead atoms. The van der Waals surface area contributed by atoms with Crippen LogP contribution in [0.5, 0.6) is 11.5 Å². The first-order valence-corrected chi connectivity index (χ1v) is 10.9. The van der Waals surface area contributed by atoms with Crippen molar-refractivity contribution in [2.75, 3.05) is 7.11 Å². The van der Waals surface area contributed by atoms with Gasteiger partial charge < -0.3 is 9.47 Å². The number of carbonyl (C=O) groups is 1. The van der Waals surface area contributed by atoms with Crippen molar-refractivity contribution in [2.45, 2.75) is 26.3 Å². The monoisotopic (exact) mass is 474 g/mol. The van der Waals surface area contributed by atoms with Crippen molar-refractivity contribution < 1.29 is 18.7 Å². The maximum atomic E-state index is 14.7. The largest absolute Gasteiger partial charge is 0.465 e. The lowest BCUT2D eigenvalue weighted by Crippen LogP contribution is -2.20. The molecule has 0 atom stereocenters. The zero-order chi connectivity index (χ0) is 24.9. The van der Waals surface area contributed by atoms with Gasteiger partial charge in [-0.3, -0.25) is 9.36 Å². The Morgan fingerprint density at radius 2 is 1.83 bits per heavy atom. The number of halogens is 1. The normalized spacial score (nSPS) is 10.9. The van der Waals surface area contributed by atoms with Crippen LogP contribution in [0.25, 0.3) is 11.3 Å². The second-order valence-corrected chi connectivity index (χ2v) is 8.10. The number of esters is 1. The van der Waals surface area contributed by atoms with Gasteiger partial charge in [0.05, 0.1) is 36.9 Å². The Bertz CT molecular complexity index is 1400. The Balaban J connectivity index is 1.65. The molecule has 2 aromatic heterocycles. The average Bonchev–Trinajstić information content (AvgIpc) is 2.87. The zero-order valence-electron chi connectivity index (χ0n) is 19.4. The van der Waals surface area contributed by atoms with Crippen LogP contribution in [0.4, 0.5) is 4.39 Å². The van der Waals surface area contributed by atoms with Gasteiger partial charge in [-0.25, -0.2) is 14.2 Å². The predicted molar refractivity (Wildman–Crippen MR) is 127 cm³/mol. The van der Waals surface area contributed by atoms with Crippen LogP contribution in [0, 0.1) is 5.82 Å². The summed E-state index contributed by atoms with van der Waals surface area (Å²) in [7, 11) is 1.17. The van der Waals surface area contributed by atoms with Gasteiger partial charge in [-0.05, 0) is 54.4 Å². The van der Waals surface area contributed by atoms with Crippen molar-refractivity contribution >= 4 is 5.97 Å². The van der Waals surface area contributed by atoms with E-state index < -0.39 is 11.8 Å². The molecule has 0 fully saturated rings. The first-order valence-electron chi connectivity index (χ1n) is 10.9. The second kappa shape index (κ2) is 10.3. The molecule has 0 saturated carbocycles. The van der Waals surface area contributed by atoms with Crippen LogP contribution in [0.15, 0.2) is 71.9 Å². The number of nitrogens with zero attached hydrogens (tertiary/aromatic N) is 4. The van der Waals surface area contributed by atoms with Crippen molar-refractivity contribution in [3.63, 3.8) is 0 Å².